The summed E-state index contributed by atoms with van der Waals surface area (Å²) in [5.41, 5.74) is 2.38. The van der Waals surface area contributed by atoms with Crippen LogP contribution in [0.5, 0.6) is 0 Å². The number of nitrogens with zero attached hydrogens (tertiary/aromatic N) is 4. The Labute approximate surface area is 147 Å². The predicted octanol–water partition coefficient (Wildman–Crippen LogP) is 3.39. The van der Waals surface area contributed by atoms with E-state index in [1.54, 1.807) is 6.07 Å². The molecule has 0 amide bonds. The van der Waals surface area contributed by atoms with Crippen molar-refractivity contribution in [3.63, 3.8) is 0 Å². The lowest BCUT2D eigenvalue weighted by Crippen LogP contribution is -2.46. The first kappa shape index (κ1) is 16.1. The highest BCUT2D eigenvalue weighted by Crippen LogP contribution is 2.18. The highest BCUT2D eigenvalue weighted by atomic mass is 19.1. The Kier molecular flexibility index (Phi) is 4.65. The molecule has 0 N–H and O–H groups in total. The second-order valence-corrected chi connectivity index (χ2v) is 6.60. The second kappa shape index (κ2) is 7.23. The van der Waals surface area contributed by atoms with Gasteiger partial charge in [-0.2, -0.15) is 0 Å². The van der Waals surface area contributed by atoms with Crippen LogP contribution >= 0.6 is 0 Å². The van der Waals surface area contributed by atoms with E-state index in [9.17, 15) is 4.39 Å². The maximum absolute atomic E-state index is 13.3. The molecule has 4 nitrogen and oxygen atoms in total. The number of piperazine rings is 1. The van der Waals surface area contributed by atoms with Gasteiger partial charge in [-0.05, 0) is 49.4 Å². The molecule has 4 rings (SSSR count). The first-order valence-corrected chi connectivity index (χ1v) is 8.91. The first-order valence-electron chi connectivity index (χ1n) is 8.91. The topological polar surface area (TPSA) is 24.3 Å². The van der Waals surface area contributed by atoms with Crippen LogP contribution in [0.1, 0.15) is 6.42 Å². The van der Waals surface area contributed by atoms with Gasteiger partial charge in [-0.3, -0.25) is 9.88 Å². The van der Waals surface area contributed by atoms with Crippen LogP contribution in [0.25, 0.3) is 10.9 Å². The summed E-state index contributed by atoms with van der Waals surface area (Å²) in [6.07, 6.45) is 6.88. The summed E-state index contributed by atoms with van der Waals surface area (Å²) in [6, 6.07) is 11.2. The maximum atomic E-state index is 13.3. The van der Waals surface area contributed by atoms with Gasteiger partial charge >= 0.3 is 0 Å². The summed E-state index contributed by atoms with van der Waals surface area (Å²) < 4.78 is 15.5. The molecule has 25 heavy (non-hydrogen) atoms. The van der Waals surface area contributed by atoms with Gasteiger partial charge in [-0.15, -0.1) is 0 Å². The molecule has 1 fully saturated rings. The molecule has 1 aromatic carbocycles. The Morgan fingerprint density at radius 3 is 2.52 bits per heavy atom. The van der Waals surface area contributed by atoms with Crippen molar-refractivity contribution in [3.05, 3.63) is 60.8 Å². The van der Waals surface area contributed by atoms with E-state index >= 15 is 0 Å². The van der Waals surface area contributed by atoms with Crippen LogP contribution in [0.4, 0.5) is 10.1 Å². The molecule has 0 unspecified atom stereocenters. The lowest BCUT2D eigenvalue weighted by Gasteiger charge is -2.36. The van der Waals surface area contributed by atoms with Crippen molar-refractivity contribution >= 4 is 16.6 Å². The normalized spacial score (nSPS) is 15.8. The molecule has 130 valence electrons. The summed E-state index contributed by atoms with van der Waals surface area (Å²) in [4.78, 5) is 9.04. The third kappa shape index (κ3) is 3.66. The van der Waals surface area contributed by atoms with Crippen LogP contribution in [-0.4, -0.2) is 47.2 Å². The zero-order valence-corrected chi connectivity index (χ0v) is 14.3. The number of pyridine rings is 1. The molecule has 0 radical (unpaired) electrons. The smallest absolute Gasteiger partial charge is 0.123 e. The minimum Gasteiger partial charge on any atom is -0.369 e. The van der Waals surface area contributed by atoms with Crippen LogP contribution in [0.3, 0.4) is 0 Å². The third-order valence-corrected chi connectivity index (χ3v) is 5.01. The molecule has 0 aliphatic carbocycles. The molecule has 0 atom stereocenters. The lowest BCUT2D eigenvalue weighted by molar-refractivity contribution is 0.251. The van der Waals surface area contributed by atoms with Gasteiger partial charge in [0.05, 0.1) is 0 Å². The Morgan fingerprint density at radius 2 is 1.72 bits per heavy atom. The van der Waals surface area contributed by atoms with E-state index in [2.05, 4.69) is 37.7 Å². The molecule has 0 saturated carbocycles. The van der Waals surface area contributed by atoms with Gasteiger partial charge < -0.3 is 9.47 Å². The number of hydrogen-bond donors (Lipinski definition) is 0. The molecular formula is C20H23FN4. The molecule has 1 saturated heterocycles. The molecule has 0 spiro atoms. The molecule has 0 bridgehead atoms. The van der Waals surface area contributed by atoms with Crippen molar-refractivity contribution in [1.29, 1.82) is 0 Å². The van der Waals surface area contributed by atoms with E-state index in [1.807, 2.05) is 24.5 Å². The fourth-order valence-corrected chi connectivity index (χ4v) is 3.62. The average molecular weight is 338 g/mol. The fraction of sp³-hybridized carbons (Fsp3) is 0.350. The van der Waals surface area contributed by atoms with Crippen LogP contribution < -0.4 is 4.90 Å². The van der Waals surface area contributed by atoms with Crippen molar-refractivity contribution < 1.29 is 4.39 Å². The molecule has 2 aromatic heterocycles. The molecule has 3 aromatic rings. The standard InChI is InChI=1S/C20H23FN4/c21-18-2-3-20-17(16-18)6-11-25(20)10-1-9-23-12-14-24(15-13-23)19-4-7-22-8-5-19/h2-8,11,16H,1,9-10,12-15H2. The van der Waals surface area contributed by atoms with E-state index < -0.39 is 0 Å². The molecule has 3 heterocycles. The monoisotopic (exact) mass is 338 g/mol. The third-order valence-electron chi connectivity index (χ3n) is 5.01. The van der Waals surface area contributed by atoms with Crippen molar-refractivity contribution in [3.8, 4) is 0 Å². The summed E-state index contributed by atoms with van der Waals surface area (Å²) in [5, 5.41) is 0.978. The van der Waals surface area contributed by atoms with E-state index in [0.29, 0.717) is 0 Å². The highest BCUT2D eigenvalue weighted by Gasteiger charge is 2.16. The lowest BCUT2D eigenvalue weighted by atomic mass is 10.2. The average Bonchev–Trinajstić information content (AvgIpc) is 3.05. The predicted molar refractivity (Wildman–Crippen MR) is 99.4 cm³/mol. The van der Waals surface area contributed by atoms with Crippen LogP contribution in [0, 0.1) is 5.82 Å². The van der Waals surface area contributed by atoms with Crippen molar-refractivity contribution in [2.75, 3.05) is 37.6 Å². The van der Waals surface area contributed by atoms with Gasteiger partial charge in [-0.1, -0.05) is 0 Å². The van der Waals surface area contributed by atoms with Crippen molar-refractivity contribution in [2.45, 2.75) is 13.0 Å². The first-order chi connectivity index (χ1) is 12.3. The minimum absolute atomic E-state index is 0.169. The van der Waals surface area contributed by atoms with E-state index in [0.717, 1.165) is 56.6 Å². The van der Waals surface area contributed by atoms with Crippen LogP contribution in [-0.2, 0) is 6.54 Å². The summed E-state index contributed by atoms with van der Waals surface area (Å²) in [5.74, 6) is -0.169. The molecule has 1 aliphatic heterocycles. The van der Waals surface area contributed by atoms with Crippen molar-refractivity contribution in [1.82, 2.24) is 14.5 Å². The Morgan fingerprint density at radius 1 is 0.920 bits per heavy atom. The highest BCUT2D eigenvalue weighted by molar-refractivity contribution is 5.80. The number of halogens is 1. The molecular weight excluding hydrogens is 315 g/mol. The number of rotatable bonds is 5. The van der Waals surface area contributed by atoms with Crippen LogP contribution in [0.2, 0.25) is 0 Å². The second-order valence-electron chi connectivity index (χ2n) is 6.60. The molecule has 1 aliphatic rings. The van der Waals surface area contributed by atoms with Gasteiger partial charge in [0.15, 0.2) is 0 Å². The maximum Gasteiger partial charge on any atom is 0.123 e. The van der Waals surface area contributed by atoms with Gasteiger partial charge in [0.2, 0.25) is 0 Å². The number of aromatic nitrogens is 2. The summed E-state index contributed by atoms with van der Waals surface area (Å²) in [7, 11) is 0. The van der Waals surface area contributed by atoms with E-state index in [-0.39, 0.29) is 5.82 Å². The number of hydrogen-bond acceptors (Lipinski definition) is 3. The number of aryl methyl sites for hydroxylation is 1. The van der Waals surface area contributed by atoms with Gasteiger partial charge in [-0.25, -0.2) is 4.39 Å². The van der Waals surface area contributed by atoms with Gasteiger partial charge in [0.1, 0.15) is 5.82 Å². The minimum atomic E-state index is -0.169. The summed E-state index contributed by atoms with van der Waals surface area (Å²) in [6.45, 7) is 6.40. The Balaban J connectivity index is 1.27. The quantitative estimate of drug-likeness (QED) is 0.713. The van der Waals surface area contributed by atoms with Gasteiger partial charge in [0.25, 0.3) is 0 Å². The summed E-state index contributed by atoms with van der Waals surface area (Å²) >= 11 is 0. The molecule has 5 heteroatoms. The zero-order valence-electron chi connectivity index (χ0n) is 14.3. The van der Waals surface area contributed by atoms with Crippen molar-refractivity contribution in [2.24, 2.45) is 0 Å². The number of anilines is 1. The van der Waals surface area contributed by atoms with E-state index in [1.165, 1.54) is 11.8 Å². The number of benzene rings is 1. The zero-order chi connectivity index (χ0) is 17.1. The largest absolute Gasteiger partial charge is 0.369 e. The van der Waals surface area contributed by atoms with Crippen LogP contribution in [0.15, 0.2) is 55.0 Å². The Bertz CT molecular complexity index is 822. The fourth-order valence-electron chi connectivity index (χ4n) is 3.62. The van der Waals surface area contributed by atoms with E-state index in [4.69, 9.17) is 0 Å². The van der Waals surface area contributed by atoms with Gasteiger partial charge in [0, 0.05) is 67.9 Å². The SMILES string of the molecule is Fc1ccc2c(ccn2CCCN2CCN(c3ccncc3)CC2)c1. The Hall–Kier alpha value is -2.40. The number of fused-ring (bicyclic) bond motifs is 1.